The highest BCUT2D eigenvalue weighted by atomic mass is 32.2. The summed E-state index contributed by atoms with van der Waals surface area (Å²) in [5.41, 5.74) is -2.60. The first kappa shape index (κ1) is 16.3. The Morgan fingerprint density at radius 3 is 2.00 bits per heavy atom. The number of hydrogen-bond acceptors (Lipinski definition) is 7. The van der Waals surface area contributed by atoms with Gasteiger partial charge in [-0.15, -0.1) is 10.6 Å². The number of amidine groups is 1. The van der Waals surface area contributed by atoms with Crippen LogP contribution in [0.3, 0.4) is 0 Å². The molecular formula is C5H11F3N4O3S2. The predicted molar refractivity (Wildman–Crippen MR) is 57.6 cm³/mol. The van der Waals surface area contributed by atoms with Crippen LogP contribution in [0.25, 0.3) is 0 Å². The summed E-state index contributed by atoms with van der Waals surface area (Å²) in [5, 5.41) is 7.55. The molecule has 0 atom stereocenters. The highest BCUT2D eigenvalue weighted by molar-refractivity contribution is 7.86. The Hall–Kier alpha value is -0.720. The van der Waals surface area contributed by atoms with Crippen molar-refractivity contribution in [3.63, 3.8) is 0 Å². The molecule has 0 aliphatic carbocycles. The van der Waals surface area contributed by atoms with Crippen LogP contribution in [-0.4, -0.2) is 54.3 Å². The van der Waals surface area contributed by atoms with Gasteiger partial charge >= 0.3 is 15.6 Å². The van der Waals surface area contributed by atoms with E-state index in [1.54, 1.807) is 5.12 Å². The molecule has 0 bridgehead atoms. The molecule has 1 heterocycles. The molecule has 7 nitrogen and oxygen atoms in total. The molecule has 1 rings (SSSR count). The SMILES string of the molecule is CN1N=C(CS)N(C)N1.O=S(=O)(O)C(F)(F)F. The van der Waals surface area contributed by atoms with E-state index < -0.39 is 15.6 Å². The Bertz CT molecular complexity index is 382. The van der Waals surface area contributed by atoms with Gasteiger partial charge in [-0.25, -0.2) is 5.12 Å². The first-order chi connectivity index (χ1) is 7.49. The summed E-state index contributed by atoms with van der Waals surface area (Å²) >= 11 is 4.08. The maximum atomic E-state index is 10.7. The Morgan fingerprint density at radius 1 is 1.47 bits per heavy atom. The molecule has 0 spiro atoms. The Kier molecular flexibility index (Phi) is 5.51. The molecule has 12 heteroatoms. The lowest BCUT2D eigenvalue weighted by Crippen LogP contribution is -2.38. The topological polar surface area (TPSA) is 85.2 Å². The lowest BCUT2D eigenvalue weighted by Gasteiger charge is -2.12. The zero-order valence-corrected chi connectivity index (χ0v) is 10.5. The molecule has 0 aromatic carbocycles. The number of halogens is 3. The van der Waals surface area contributed by atoms with Crippen LogP contribution in [0.2, 0.25) is 0 Å². The summed E-state index contributed by atoms with van der Waals surface area (Å²) in [7, 11) is -2.10. The van der Waals surface area contributed by atoms with Crippen LogP contribution in [0.5, 0.6) is 0 Å². The molecular weight excluding hydrogens is 285 g/mol. The van der Waals surface area contributed by atoms with Gasteiger partial charge in [-0.2, -0.15) is 34.2 Å². The number of nitrogens with one attached hydrogen (secondary N) is 1. The molecule has 1 aliphatic rings. The van der Waals surface area contributed by atoms with Crippen molar-refractivity contribution in [2.45, 2.75) is 5.51 Å². The van der Waals surface area contributed by atoms with Gasteiger partial charge in [-0.3, -0.25) is 9.56 Å². The van der Waals surface area contributed by atoms with Crippen molar-refractivity contribution in [2.24, 2.45) is 5.10 Å². The molecule has 1 aliphatic heterocycles. The van der Waals surface area contributed by atoms with Gasteiger partial charge in [0.05, 0.1) is 5.75 Å². The summed E-state index contributed by atoms with van der Waals surface area (Å²) in [6.45, 7) is 0. The summed E-state index contributed by atoms with van der Waals surface area (Å²) in [4.78, 5) is 0. The molecule has 0 radical (unpaired) electrons. The van der Waals surface area contributed by atoms with Crippen molar-refractivity contribution in [3.05, 3.63) is 0 Å². The normalized spacial score (nSPS) is 16.5. The molecule has 0 aromatic rings. The molecule has 0 saturated heterocycles. The van der Waals surface area contributed by atoms with Crippen LogP contribution < -0.4 is 5.53 Å². The second-order valence-corrected chi connectivity index (χ2v) is 4.51. The first-order valence-corrected chi connectivity index (χ1v) is 6.02. The van der Waals surface area contributed by atoms with Gasteiger partial charge in [0, 0.05) is 14.1 Å². The van der Waals surface area contributed by atoms with Crippen molar-refractivity contribution in [2.75, 3.05) is 19.8 Å². The maximum absolute atomic E-state index is 10.7. The van der Waals surface area contributed by atoms with Gasteiger partial charge in [0.15, 0.2) is 5.84 Å². The zero-order chi connectivity index (χ0) is 13.9. The fourth-order valence-corrected chi connectivity index (χ4v) is 0.950. The van der Waals surface area contributed by atoms with E-state index in [0.29, 0.717) is 5.75 Å². The summed E-state index contributed by atoms with van der Waals surface area (Å²) in [6.07, 6.45) is 0. The van der Waals surface area contributed by atoms with Gasteiger partial charge in [0.25, 0.3) is 0 Å². The van der Waals surface area contributed by atoms with E-state index in [0.717, 1.165) is 5.84 Å². The number of hydrazine groups is 2. The van der Waals surface area contributed by atoms with Gasteiger partial charge in [0.1, 0.15) is 0 Å². The van der Waals surface area contributed by atoms with E-state index in [2.05, 4.69) is 23.3 Å². The number of nitrogens with zero attached hydrogens (tertiary/aromatic N) is 3. The van der Waals surface area contributed by atoms with Gasteiger partial charge in [0.2, 0.25) is 0 Å². The van der Waals surface area contributed by atoms with Crippen LogP contribution >= 0.6 is 12.6 Å². The van der Waals surface area contributed by atoms with E-state index in [1.165, 1.54) is 0 Å². The van der Waals surface area contributed by atoms with Gasteiger partial charge in [-0.1, -0.05) is 0 Å². The molecule has 0 fully saturated rings. The number of hydrogen-bond donors (Lipinski definition) is 3. The smallest absolute Gasteiger partial charge is 0.279 e. The van der Waals surface area contributed by atoms with E-state index in [9.17, 15) is 13.2 Å². The summed E-state index contributed by atoms with van der Waals surface area (Å²) in [5.74, 6) is 1.59. The quantitative estimate of drug-likeness (QED) is 0.356. The van der Waals surface area contributed by atoms with Crippen LogP contribution in [0.15, 0.2) is 5.10 Å². The first-order valence-electron chi connectivity index (χ1n) is 3.95. The number of alkyl halides is 3. The zero-order valence-electron chi connectivity index (χ0n) is 8.80. The van der Waals surface area contributed by atoms with Crippen molar-refractivity contribution < 1.29 is 26.1 Å². The molecule has 0 saturated carbocycles. The van der Waals surface area contributed by atoms with Crippen molar-refractivity contribution in [1.82, 2.24) is 15.7 Å². The molecule has 102 valence electrons. The fraction of sp³-hybridized carbons (Fsp3) is 0.800. The van der Waals surface area contributed by atoms with Crippen LogP contribution in [0.1, 0.15) is 0 Å². The third-order valence-electron chi connectivity index (χ3n) is 1.38. The van der Waals surface area contributed by atoms with Gasteiger partial charge in [-0.05, 0) is 0 Å². The maximum Gasteiger partial charge on any atom is 0.522 e. The third kappa shape index (κ3) is 5.43. The van der Waals surface area contributed by atoms with E-state index >= 15 is 0 Å². The molecule has 0 amide bonds. The lowest BCUT2D eigenvalue weighted by atomic mass is 10.7. The van der Waals surface area contributed by atoms with Crippen molar-refractivity contribution in [1.29, 1.82) is 0 Å². The highest BCUT2D eigenvalue weighted by Gasteiger charge is 2.44. The second kappa shape index (κ2) is 5.75. The van der Waals surface area contributed by atoms with E-state index in [1.807, 2.05) is 19.1 Å². The summed E-state index contributed by atoms with van der Waals surface area (Å²) in [6, 6.07) is 0. The highest BCUT2D eigenvalue weighted by Crippen LogP contribution is 2.20. The van der Waals surface area contributed by atoms with Crippen LogP contribution in [0.4, 0.5) is 13.2 Å². The molecule has 17 heavy (non-hydrogen) atoms. The largest absolute Gasteiger partial charge is 0.522 e. The number of rotatable bonds is 1. The minimum Gasteiger partial charge on any atom is -0.279 e. The molecule has 0 unspecified atom stereocenters. The number of hydrazone groups is 1. The minimum atomic E-state index is -5.84. The van der Waals surface area contributed by atoms with Crippen LogP contribution in [0, 0.1) is 0 Å². The van der Waals surface area contributed by atoms with Crippen molar-refractivity contribution in [3.8, 4) is 0 Å². The number of thiol groups is 1. The predicted octanol–water partition coefficient (Wildman–Crippen LogP) is -0.0795. The van der Waals surface area contributed by atoms with Crippen LogP contribution in [-0.2, 0) is 10.1 Å². The fourth-order valence-electron chi connectivity index (χ4n) is 0.675. The molecule has 0 aromatic heterocycles. The third-order valence-corrected chi connectivity index (χ3v) is 2.25. The Morgan fingerprint density at radius 2 is 1.88 bits per heavy atom. The Labute approximate surface area is 101 Å². The lowest BCUT2D eigenvalue weighted by molar-refractivity contribution is -0.0510. The van der Waals surface area contributed by atoms with E-state index in [4.69, 9.17) is 13.0 Å². The standard InChI is InChI=1S/C4H10N4S.CHF3O3S/c1-7-4(3-9)5-8(2)6-7;2-1(3,4)8(5,6)7/h6,9H,3H2,1-2H3;(H,5,6,7). The average Bonchev–Trinajstić information content (AvgIpc) is 2.42. The minimum absolute atomic E-state index is 0.661. The second-order valence-electron chi connectivity index (χ2n) is 2.78. The van der Waals surface area contributed by atoms with Gasteiger partial charge < -0.3 is 0 Å². The average molecular weight is 296 g/mol. The van der Waals surface area contributed by atoms with Crippen molar-refractivity contribution >= 4 is 28.6 Å². The summed E-state index contributed by atoms with van der Waals surface area (Å²) < 4.78 is 57.5. The Balaban J connectivity index is 0.000000304. The van der Waals surface area contributed by atoms with E-state index in [-0.39, 0.29) is 0 Å². The monoisotopic (exact) mass is 296 g/mol. The molecule has 2 N–H and O–H groups in total.